The van der Waals surface area contributed by atoms with Crippen molar-refractivity contribution in [2.45, 2.75) is 38.1 Å². The Labute approximate surface area is 126 Å². The van der Waals surface area contributed by atoms with Gasteiger partial charge in [-0.2, -0.15) is 0 Å². The maximum Gasteiger partial charge on any atom is 0.240 e. The number of nitrogens with two attached hydrogens (primary N) is 1. The van der Waals surface area contributed by atoms with Crippen molar-refractivity contribution < 1.29 is 13.2 Å². The normalized spacial score (nSPS) is 18.6. The highest BCUT2D eigenvalue weighted by Crippen LogP contribution is 2.29. The second kappa shape index (κ2) is 6.44. The van der Waals surface area contributed by atoms with Crippen molar-refractivity contribution in [2.75, 3.05) is 19.8 Å². The summed E-state index contributed by atoms with van der Waals surface area (Å²) in [5.41, 5.74) is 7.20. The second-order valence-electron chi connectivity index (χ2n) is 6.05. The van der Waals surface area contributed by atoms with Gasteiger partial charge in [0.2, 0.25) is 10.0 Å². The standard InChI is InChI=1S/C15H24N2O3S/c1-12-9-13(10-16)3-4-14(12)21(18,19)17-11-15(2)5-7-20-8-6-15/h3-4,9,17H,5-8,10-11,16H2,1-2H3. The summed E-state index contributed by atoms with van der Waals surface area (Å²) in [6.45, 7) is 6.14. The van der Waals surface area contributed by atoms with Gasteiger partial charge >= 0.3 is 0 Å². The van der Waals surface area contributed by atoms with E-state index in [2.05, 4.69) is 11.6 Å². The summed E-state index contributed by atoms with van der Waals surface area (Å²) in [6, 6.07) is 5.22. The fourth-order valence-corrected chi connectivity index (χ4v) is 3.95. The first-order valence-electron chi connectivity index (χ1n) is 7.23. The van der Waals surface area contributed by atoms with E-state index in [0.29, 0.717) is 31.2 Å². The minimum atomic E-state index is -3.49. The van der Waals surface area contributed by atoms with Crippen LogP contribution < -0.4 is 10.5 Å². The van der Waals surface area contributed by atoms with Gasteiger partial charge in [-0.3, -0.25) is 0 Å². The van der Waals surface area contributed by atoms with Gasteiger partial charge in [0, 0.05) is 26.3 Å². The third kappa shape index (κ3) is 4.03. The molecule has 3 N–H and O–H groups in total. The molecule has 0 aliphatic carbocycles. The van der Waals surface area contributed by atoms with Crippen molar-refractivity contribution in [2.24, 2.45) is 11.1 Å². The van der Waals surface area contributed by atoms with Crippen LogP contribution in [0.1, 0.15) is 30.9 Å². The average molecular weight is 312 g/mol. The van der Waals surface area contributed by atoms with E-state index in [9.17, 15) is 8.42 Å². The Morgan fingerprint density at radius 2 is 2.00 bits per heavy atom. The summed E-state index contributed by atoms with van der Waals surface area (Å²) in [5, 5.41) is 0. The number of sulfonamides is 1. The number of ether oxygens (including phenoxy) is 1. The van der Waals surface area contributed by atoms with Gasteiger partial charge < -0.3 is 10.5 Å². The summed E-state index contributed by atoms with van der Waals surface area (Å²) in [6.07, 6.45) is 1.75. The van der Waals surface area contributed by atoms with Gasteiger partial charge in [0.25, 0.3) is 0 Å². The maximum absolute atomic E-state index is 12.5. The van der Waals surface area contributed by atoms with Crippen molar-refractivity contribution in [1.29, 1.82) is 0 Å². The molecule has 21 heavy (non-hydrogen) atoms. The van der Waals surface area contributed by atoms with Crippen LogP contribution in [0.4, 0.5) is 0 Å². The highest BCUT2D eigenvalue weighted by atomic mass is 32.2. The van der Waals surface area contributed by atoms with Crippen LogP contribution in [0.3, 0.4) is 0 Å². The molecule has 0 bridgehead atoms. The van der Waals surface area contributed by atoms with E-state index in [1.54, 1.807) is 19.1 Å². The van der Waals surface area contributed by atoms with Crippen LogP contribution in [0.2, 0.25) is 0 Å². The molecule has 1 aliphatic rings. The lowest BCUT2D eigenvalue weighted by Crippen LogP contribution is -2.39. The minimum Gasteiger partial charge on any atom is -0.381 e. The molecule has 0 spiro atoms. The molecule has 1 fully saturated rings. The topological polar surface area (TPSA) is 81.4 Å². The van der Waals surface area contributed by atoms with Crippen LogP contribution >= 0.6 is 0 Å². The maximum atomic E-state index is 12.5. The largest absolute Gasteiger partial charge is 0.381 e. The predicted molar refractivity (Wildman–Crippen MR) is 82.4 cm³/mol. The van der Waals surface area contributed by atoms with E-state index in [1.165, 1.54) is 0 Å². The predicted octanol–water partition coefficient (Wildman–Crippen LogP) is 1.55. The highest BCUT2D eigenvalue weighted by molar-refractivity contribution is 7.89. The van der Waals surface area contributed by atoms with Crippen molar-refractivity contribution in [3.05, 3.63) is 29.3 Å². The van der Waals surface area contributed by atoms with Crippen molar-refractivity contribution in [3.63, 3.8) is 0 Å². The lowest BCUT2D eigenvalue weighted by Gasteiger charge is -2.33. The molecule has 0 saturated carbocycles. The summed E-state index contributed by atoms with van der Waals surface area (Å²) in [4.78, 5) is 0.329. The summed E-state index contributed by atoms with van der Waals surface area (Å²) >= 11 is 0. The Kier molecular flexibility index (Phi) is 5.03. The molecule has 118 valence electrons. The first-order valence-corrected chi connectivity index (χ1v) is 8.72. The van der Waals surface area contributed by atoms with E-state index in [1.807, 2.05) is 6.07 Å². The van der Waals surface area contributed by atoms with Gasteiger partial charge in [-0.1, -0.05) is 19.1 Å². The summed E-state index contributed by atoms with van der Waals surface area (Å²) in [5.74, 6) is 0. The first-order chi connectivity index (χ1) is 9.86. The van der Waals surface area contributed by atoms with Gasteiger partial charge in [0.1, 0.15) is 0 Å². The van der Waals surface area contributed by atoms with Crippen LogP contribution in [0.25, 0.3) is 0 Å². The van der Waals surface area contributed by atoms with Gasteiger partial charge in [0.15, 0.2) is 0 Å². The van der Waals surface area contributed by atoms with Crippen molar-refractivity contribution in [3.8, 4) is 0 Å². The molecular weight excluding hydrogens is 288 g/mol. The number of aryl methyl sites for hydroxylation is 1. The molecule has 2 rings (SSSR count). The quantitative estimate of drug-likeness (QED) is 0.864. The van der Waals surface area contributed by atoms with Gasteiger partial charge in [-0.15, -0.1) is 0 Å². The third-order valence-corrected chi connectivity index (χ3v) is 5.71. The number of rotatable bonds is 5. The summed E-state index contributed by atoms with van der Waals surface area (Å²) < 4.78 is 33.0. The molecule has 0 unspecified atom stereocenters. The van der Waals surface area contributed by atoms with Crippen LogP contribution in [0, 0.1) is 12.3 Å². The van der Waals surface area contributed by atoms with Crippen LogP contribution in [-0.2, 0) is 21.3 Å². The smallest absolute Gasteiger partial charge is 0.240 e. The Balaban J connectivity index is 2.11. The lowest BCUT2D eigenvalue weighted by atomic mass is 9.83. The molecule has 0 atom stereocenters. The number of benzene rings is 1. The molecule has 6 heteroatoms. The average Bonchev–Trinajstić information content (AvgIpc) is 2.46. The zero-order chi connectivity index (χ0) is 15.5. The highest BCUT2D eigenvalue weighted by Gasteiger charge is 2.29. The van der Waals surface area contributed by atoms with Crippen LogP contribution in [0.15, 0.2) is 23.1 Å². The fourth-order valence-electron chi connectivity index (χ4n) is 2.53. The zero-order valence-electron chi connectivity index (χ0n) is 12.7. The summed E-state index contributed by atoms with van der Waals surface area (Å²) in [7, 11) is -3.49. The molecule has 0 amide bonds. The van der Waals surface area contributed by atoms with Gasteiger partial charge in [-0.25, -0.2) is 13.1 Å². The van der Waals surface area contributed by atoms with Crippen LogP contribution in [0.5, 0.6) is 0 Å². The van der Waals surface area contributed by atoms with Crippen molar-refractivity contribution in [1.82, 2.24) is 4.72 Å². The molecule has 5 nitrogen and oxygen atoms in total. The monoisotopic (exact) mass is 312 g/mol. The number of hydrogen-bond acceptors (Lipinski definition) is 4. The van der Waals surface area contributed by atoms with Gasteiger partial charge in [0.05, 0.1) is 4.90 Å². The Hall–Kier alpha value is -0.950. The second-order valence-corrected chi connectivity index (χ2v) is 7.79. The van der Waals surface area contributed by atoms with Gasteiger partial charge in [-0.05, 0) is 42.4 Å². The SMILES string of the molecule is Cc1cc(CN)ccc1S(=O)(=O)NCC1(C)CCOCC1. The number of nitrogens with one attached hydrogen (secondary N) is 1. The first kappa shape index (κ1) is 16.4. The molecule has 1 aliphatic heterocycles. The zero-order valence-corrected chi connectivity index (χ0v) is 13.5. The van der Waals surface area contributed by atoms with Crippen molar-refractivity contribution >= 4 is 10.0 Å². The van der Waals surface area contributed by atoms with Crippen LogP contribution in [-0.4, -0.2) is 28.2 Å². The van der Waals surface area contributed by atoms with E-state index in [4.69, 9.17) is 10.5 Å². The fraction of sp³-hybridized carbons (Fsp3) is 0.600. The Morgan fingerprint density at radius 1 is 1.33 bits per heavy atom. The molecule has 1 saturated heterocycles. The Bertz CT molecular complexity index is 593. The van der Waals surface area contributed by atoms with E-state index < -0.39 is 10.0 Å². The third-order valence-electron chi connectivity index (χ3n) is 4.15. The van der Waals surface area contributed by atoms with E-state index in [-0.39, 0.29) is 5.41 Å². The van der Waals surface area contributed by atoms with E-state index in [0.717, 1.165) is 24.0 Å². The molecule has 1 aromatic carbocycles. The number of hydrogen-bond donors (Lipinski definition) is 2. The molecule has 0 aromatic heterocycles. The lowest BCUT2D eigenvalue weighted by molar-refractivity contribution is 0.0264. The van der Waals surface area contributed by atoms with E-state index >= 15 is 0 Å². The molecule has 1 heterocycles. The molecule has 0 radical (unpaired) electrons. The Morgan fingerprint density at radius 3 is 2.57 bits per heavy atom. The molecular formula is C15H24N2O3S. The molecule has 1 aromatic rings. The minimum absolute atomic E-state index is 0.0313.